The van der Waals surface area contributed by atoms with Crippen molar-refractivity contribution in [2.75, 3.05) is 0 Å². The maximum Gasteiger partial charge on any atom is 0.190 e. The van der Waals surface area contributed by atoms with Gasteiger partial charge >= 0.3 is 0 Å². The fraction of sp³-hybridized carbons (Fsp3) is 0.700. The minimum Gasteiger partial charge on any atom is -0.424 e. The van der Waals surface area contributed by atoms with Gasteiger partial charge < -0.3 is 9.41 Å². The molecule has 6 heteroatoms. The van der Waals surface area contributed by atoms with Crippen LogP contribution in [0.15, 0.2) is 6.20 Å². The average Bonchev–Trinajstić information content (AvgIpc) is 2.50. The molecular weight excluding hydrogens is 356 g/mol. The largest absolute Gasteiger partial charge is 0.424 e. The second-order valence-electron chi connectivity index (χ2n) is 4.97. The molecule has 0 atom stereocenters. The molecule has 1 heterocycles. The quantitative estimate of drug-likeness (QED) is 0.588. The first kappa shape index (κ1) is 19.3. The molecule has 16 heavy (non-hydrogen) atoms. The molecule has 1 aromatic heterocycles. The predicted molar refractivity (Wildman–Crippen MR) is 73.3 cm³/mol. The van der Waals surface area contributed by atoms with Gasteiger partial charge in [-0.25, -0.2) is 0 Å². The number of halogens is 1. The van der Waals surface area contributed by atoms with E-state index < -0.39 is 8.32 Å². The van der Waals surface area contributed by atoms with Crippen molar-refractivity contribution in [1.29, 1.82) is 0 Å². The zero-order chi connectivity index (χ0) is 10.8. The fourth-order valence-corrected chi connectivity index (χ4v) is 2.24. The molecule has 0 aliphatic rings. The summed E-state index contributed by atoms with van der Waals surface area (Å²) in [7, 11) is -1.60. The summed E-state index contributed by atoms with van der Waals surface area (Å²) in [5, 5.41) is 0.279. The Bertz CT molecular complexity index is 288. The number of hydrogen-bond acceptors (Lipinski definition) is 3. The van der Waals surface area contributed by atoms with Crippen molar-refractivity contribution in [3.05, 3.63) is 16.6 Å². The zero-order valence-electron chi connectivity index (χ0n) is 10.7. The first-order valence-electron chi connectivity index (χ1n) is 4.78. The van der Waals surface area contributed by atoms with Gasteiger partial charge in [0, 0.05) is 26.1 Å². The molecule has 0 saturated carbocycles. The molecule has 0 saturated heterocycles. The summed E-state index contributed by atoms with van der Waals surface area (Å²) in [5.74, 6) is 0. The SMILES string of the molecule is Br.CC(C)(C)[Si](C)(C)OCc1cn[c-]s1.[Zn]. The van der Waals surface area contributed by atoms with E-state index in [1.807, 2.05) is 6.20 Å². The van der Waals surface area contributed by atoms with Gasteiger partial charge in [0.05, 0.1) is 0 Å². The van der Waals surface area contributed by atoms with Crippen molar-refractivity contribution in [3.8, 4) is 0 Å². The van der Waals surface area contributed by atoms with E-state index in [2.05, 4.69) is 44.4 Å². The molecule has 0 spiro atoms. The Balaban J connectivity index is 0. The first-order valence-corrected chi connectivity index (χ1v) is 8.50. The Labute approximate surface area is 127 Å². The maximum absolute atomic E-state index is 6.03. The van der Waals surface area contributed by atoms with Crippen LogP contribution in [-0.4, -0.2) is 13.3 Å². The number of aromatic nitrogens is 1. The van der Waals surface area contributed by atoms with Gasteiger partial charge in [-0.2, -0.15) is 0 Å². The summed E-state index contributed by atoms with van der Waals surface area (Å²) in [6, 6.07) is 0. The van der Waals surface area contributed by atoms with E-state index >= 15 is 0 Å². The Hall–Kier alpha value is 0.910. The van der Waals surface area contributed by atoms with E-state index in [9.17, 15) is 0 Å². The molecular formula is C10H19BrNOSSiZn-. The van der Waals surface area contributed by atoms with Gasteiger partial charge in [0.25, 0.3) is 0 Å². The second kappa shape index (κ2) is 7.37. The molecule has 0 bridgehead atoms. The van der Waals surface area contributed by atoms with Gasteiger partial charge in [0.15, 0.2) is 8.32 Å². The molecule has 0 aromatic carbocycles. The third-order valence-corrected chi connectivity index (χ3v) is 7.98. The van der Waals surface area contributed by atoms with Crippen LogP contribution in [0.3, 0.4) is 0 Å². The molecule has 0 aliphatic carbocycles. The van der Waals surface area contributed by atoms with Crippen LogP contribution in [-0.2, 0) is 30.5 Å². The summed E-state index contributed by atoms with van der Waals surface area (Å²) in [5.41, 5.74) is 2.83. The average molecular weight is 375 g/mol. The summed E-state index contributed by atoms with van der Waals surface area (Å²) < 4.78 is 6.03. The Morgan fingerprint density at radius 1 is 1.44 bits per heavy atom. The Morgan fingerprint density at radius 2 is 2.00 bits per heavy atom. The van der Waals surface area contributed by atoms with Crippen molar-refractivity contribution in [1.82, 2.24) is 4.98 Å². The standard InChI is InChI=1S/C10H18NOSSi.BrH.Zn/c1-10(2,3)14(4,5)12-7-9-6-11-8-13-9;;/h6H,7H2,1-5H3;1H;/q-1;;. The second-order valence-corrected chi connectivity index (χ2v) is 10.7. The van der Waals surface area contributed by atoms with Crippen molar-refractivity contribution in [2.45, 2.75) is 45.5 Å². The van der Waals surface area contributed by atoms with Crippen LogP contribution in [0.1, 0.15) is 25.6 Å². The van der Waals surface area contributed by atoms with E-state index in [4.69, 9.17) is 4.43 Å². The molecule has 0 fully saturated rings. The van der Waals surface area contributed by atoms with Crippen LogP contribution in [0.5, 0.6) is 0 Å². The predicted octanol–water partition coefficient (Wildman–Crippen LogP) is 4.04. The van der Waals surface area contributed by atoms with Crippen LogP contribution >= 0.6 is 28.3 Å². The molecule has 0 N–H and O–H groups in total. The van der Waals surface area contributed by atoms with Crippen LogP contribution in [0, 0.1) is 5.51 Å². The number of thiazole rings is 1. The molecule has 0 radical (unpaired) electrons. The van der Waals surface area contributed by atoms with Crippen LogP contribution in [0.25, 0.3) is 0 Å². The van der Waals surface area contributed by atoms with Gasteiger partial charge in [-0.15, -0.1) is 28.1 Å². The van der Waals surface area contributed by atoms with Gasteiger partial charge in [0.1, 0.15) is 0 Å². The molecule has 0 amide bonds. The number of rotatable bonds is 3. The summed E-state index contributed by atoms with van der Waals surface area (Å²) >= 11 is 1.54. The van der Waals surface area contributed by atoms with Gasteiger partial charge in [-0.3, -0.25) is 11.3 Å². The number of hydrogen-bond donors (Lipinski definition) is 0. The number of nitrogens with zero attached hydrogens (tertiary/aromatic N) is 1. The van der Waals surface area contributed by atoms with Gasteiger partial charge in [0.2, 0.25) is 0 Å². The van der Waals surface area contributed by atoms with Crippen molar-refractivity contribution < 1.29 is 23.9 Å². The zero-order valence-corrected chi connectivity index (χ0v) is 17.2. The van der Waals surface area contributed by atoms with Crippen molar-refractivity contribution in [2.24, 2.45) is 0 Å². The topological polar surface area (TPSA) is 22.1 Å². The smallest absolute Gasteiger partial charge is 0.190 e. The van der Waals surface area contributed by atoms with E-state index in [-0.39, 0.29) is 41.5 Å². The summed E-state index contributed by atoms with van der Waals surface area (Å²) in [6.45, 7) is 12.0. The summed E-state index contributed by atoms with van der Waals surface area (Å²) in [6.07, 6.45) is 1.83. The minimum absolute atomic E-state index is 0. The molecule has 1 rings (SSSR count). The normalized spacial score (nSPS) is 11.6. The van der Waals surface area contributed by atoms with E-state index in [1.54, 1.807) is 0 Å². The van der Waals surface area contributed by atoms with Crippen LogP contribution in [0.2, 0.25) is 18.1 Å². The van der Waals surface area contributed by atoms with Crippen LogP contribution in [0.4, 0.5) is 0 Å². The molecule has 0 unspecified atom stereocenters. The van der Waals surface area contributed by atoms with E-state index in [0.717, 1.165) is 4.88 Å². The fourth-order valence-electron chi connectivity index (χ4n) is 0.744. The Morgan fingerprint density at radius 3 is 2.38 bits per heavy atom. The van der Waals surface area contributed by atoms with Crippen LogP contribution < -0.4 is 0 Å². The Kier molecular flexibility index (Phi) is 8.87. The van der Waals surface area contributed by atoms with Gasteiger partial charge in [-0.1, -0.05) is 20.8 Å². The van der Waals surface area contributed by atoms with Gasteiger partial charge in [-0.05, 0) is 23.6 Å². The maximum atomic E-state index is 6.03. The third-order valence-electron chi connectivity index (χ3n) is 2.82. The third kappa shape index (κ3) is 5.50. The van der Waals surface area contributed by atoms with E-state index in [0.29, 0.717) is 6.61 Å². The minimum atomic E-state index is -1.60. The summed E-state index contributed by atoms with van der Waals surface area (Å²) in [4.78, 5) is 5.08. The van der Waals surface area contributed by atoms with Crippen molar-refractivity contribution >= 4 is 36.6 Å². The molecule has 0 aliphatic heterocycles. The molecule has 2 nitrogen and oxygen atoms in total. The van der Waals surface area contributed by atoms with E-state index in [1.165, 1.54) is 11.3 Å². The first-order chi connectivity index (χ1) is 6.33. The monoisotopic (exact) mass is 372 g/mol. The molecule has 1 aromatic rings. The van der Waals surface area contributed by atoms with Crippen molar-refractivity contribution in [3.63, 3.8) is 0 Å². The molecule has 90 valence electrons.